The van der Waals surface area contributed by atoms with Crippen molar-refractivity contribution in [2.45, 2.75) is 23.8 Å². The van der Waals surface area contributed by atoms with Crippen LogP contribution in [0.2, 0.25) is 0 Å². The zero-order valence-corrected chi connectivity index (χ0v) is 17.4. The summed E-state index contributed by atoms with van der Waals surface area (Å²) in [5, 5.41) is 18.4. The molecule has 2 aromatic carbocycles. The third-order valence-electron chi connectivity index (χ3n) is 4.93. The molecule has 1 aliphatic carbocycles. The van der Waals surface area contributed by atoms with Crippen molar-refractivity contribution >= 4 is 29.0 Å². The van der Waals surface area contributed by atoms with E-state index in [0.717, 1.165) is 29.7 Å². The summed E-state index contributed by atoms with van der Waals surface area (Å²) in [4.78, 5) is 11.6. The molecule has 5 nitrogen and oxygen atoms in total. The lowest BCUT2D eigenvalue weighted by Crippen LogP contribution is -2.20. The van der Waals surface area contributed by atoms with Gasteiger partial charge in [-0.1, -0.05) is 24.3 Å². The number of ether oxygens (including phenoxy) is 2. The Balaban J connectivity index is 1.79. The van der Waals surface area contributed by atoms with E-state index in [9.17, 15) is 9.90 Å². The molecule has 0 spiro atoms. The first-order valence-corrected chi connectivity index (χ1v) is 10.5. The molecule has 1 saturated carbocycles. The second-order valence-corrected chi connectivity index (χ2v) is 8.07. The van der Waals surface area contributed by atoms with Crippen LogP contribution in [0.1, 0.15) is 29.5 Å². The molecule has 0 bridgehead atoms. The molecule has 0 radical (unpaired) electrons. The Morgan fingerprint density at radius 3 is 2.48 bits per heavy atom. The van der Waals surface area contributed by atoms with Gasteiger partial charge in [-0.15, -0.1) is 11.8 Å². The van der Waals surface area contributed by atoms with E-state index in [4.69, 9.17) is 14.9 Å². The highest BCUT2D eigenvalue weighted by Crippen LogP contribution is 2.42. The maximum atomic E-state index is 11.6. The number of aliphatic carboxylic acids is 1. The summed E-state index contributed by atoms with van der Waals surface area (Å²) in [6.07, 6.45) is 3.52. The van der Waals surface area contributed by atoms with E-state index in [0.29, 0.717) is 22.9 Å². The van der Waals surface area contributed by atoms with Gasteiger partial charge < -0.3 is 20.0 Å². The van der Waals surface area contributed by atoms with Crippen molar-refractivity contribution in [1.29, 1.82) is 5.41 Å². The monoisotopic (exact) mass is 411 g/mol. The van der Waals surface area contributed by atoms with E-state index >= 15 is 0 Å². The lowest BCUT2D eigenvalue weighted by atomic mass is 10.0. The second kappa shape index (κ2) is 9.65. The summed E-state index contributed by atoms with van der Waals surface area (Å²) in [5.41, 5.74) is 3.23. The van der Waals surface area contributed by atoms with Gasteiger partial charge in [0.15, 0.2) is 0 Å². The number of hydrogen-bond donors (Lipinski definition) is 2. The number of methoxy groups -OCH3 is 2. The fraction of sp³-hybridized carbons (Fsp3) is 0.304. The number of carboxylic acids is 1. The predicted octanol–water partition coefficient (Wildman–Crippen LogP) is 4.85. The van der Waals surface area contributed by atoms with Crippen LogP contribution in [0.3, 0.4) is 0 Å². The molecule has 3 rings (SSSR count). The van der Waals surface area contributed by atoms with E-state index in [-0.39, 0.29) is 10.8 Å². The average molecular weight is 412 g/mol. The summed E-state index contributed by atoms with van der Waals surface area (Å²) >= 11 is 1.70. The lowest BCUT2D eigenvalue weighted by molar-refractivity contribution is -0.130. The van der Waals surface area contributed by atoms with Gasteiger partial charge in [0.2, 0.25) is 0 Å². The molecule has 29 heavy (non-hydrogen) atoms. The molecule has 0 saturated heterocycles. The number of nitrogens with one attached hydrogen (secondary N) is 1. The van der Waals surface area contributed by atoms with Crippen molar-refractivity contribution < 1.29 is 19.4 Å². The smallest absolute Gasteiger partial charge is 0.339 e. The number of carboxylic acid groups (broad SMARTS) is 1. The zero-order valence-electron chi connectivity index (χ0n) is 16.6. The molecule has 1 atom stereocenters. The fourth-order valence-corrected chi connectivity index (χ4v) is 4.68. The van der Waals surface area contributed by atoms with Crippen LogP contribution >= 0.6 is 11.8 Å². The molecule has 6 heteroatoms. The van der Waals surface area contributed by atoms with Crippen LogP contribution in [-0.2, 0) is 15.3 Å². The van der Waals surface area contributed by atoms with Crippen LogP contribution in [0, 0.1) is 11.3 Å². The standard InChI is InChI=1S/C23H25NO4S/c1-27-13-20(23(25)26)19-6-4-3-5-17(19)14-29-22(16-7-8-16)21(24)15-9-11-18(28-2)12-10-15/h3-6,9-13,16,22,24H,7-8,14H2,1-2H3,(H,25,26)/b20-13+,24-21?. The quantitative estimate of drug-likeness (QED) is 0.332. The first-order chi connectivity index (χ1) is 14.0. The number of thioether (sulfide) groups is 1. The van der Waals surface area contributed by atoms with Gasteiger partial charge in [-0.05, 0) is 59.7 Å². The van der Waals surface area contributed by atoms with Gasteiger partial charge in [0.25, 0.3) is 0 Å². The van der Waals surface area contributed by atoms with Crippen LogP contribution in [0.5, 0.6) is 5.75 Å². The van der Waals surface area contributed by atoms with Gasteiger partial charge in [-0.2, -0.15) is 0 Å². The molecule has 1 fully saturated rings. The van der Waals surface area contributed by atoms with E-state index in [2.05, 4.69) is 0 Å². The minimum atomic E-state index is -1.02. The number of rotatable bonds is 10. The Kier molecular flexibility index (Phi) is 6.99. The molecule has 0 aliphatic heterocycles. The first-order valence-electron chi connectivity index (χ1n) is 9.44. The maximum absolute atomic E-state index is 11.6. The molecular formula is C23H25NO4S. The highest BCUT2D eigenvalue weighted by Gasteiger charge is 2.35. The summed E-state index contributed by atoms with van der Waals surface area (Å²) in [6.45, 7) is 0. The molecule has 0 amide bonds. The van der Waals surface area contributed by atoms with E-state index in [1.165, 1.54) is 13.4 Å². The van der Waals surface area contributed by atoms with E-state index in [1.54, 1.807) is 24.9 Å². The van der Waals surface area contributed by atoms with Gasteiger partial charge in [0.1, 0.15) is 11.3 Å². The van der Waals surface area contributed by atoms with Gasteiger partial charge >= 0.3 is 5.97 Å². The first kappa shape index (κ1) is 21.0. The summed E-state index contributed by atoms with van der Waals surface area (Å²) in [5.74, 6) is 0.881. The third kappa shape index (κ3) is 5.21. The molecule has 0 heterocycles. The van der Waals surface area contributed by atoms with Gasteiger partial charge in [0.05, 0.1) is 31.4 Å². The van der Waals surface area contributed by atoms with Crippen LogP contribution in [0.25, 0.3) is 5.57 Å². The largest absolute Gasteiger partial charge is 0.503 e. The van der Waals surface area contributed by atoms with Crippen LogP contribution in [0.4, 0.5) is 0 Å². The minimum Gasteiger partial charge on any atom is -0.503 e. The number of hydrogen-bond acceptors (Lipinski definition) is 5. The minimum absolute atomic E-state index is 0.0798. The Bertz CT molecular complexity index is 903. The molecular weight excluding hydrogens is 386 g/mol. The second-order valence-electron chi connectivity index (χ2n) is 6.94. The normalized spacial score (nSPS) is 14.9. The molecule has 2 aromatic rings. The van der Waals surface area contributed by atoms with E-state index in [1.807, 2.05) is 42.5 Å². The molecule has 1 aliphatic rings. The van der Waals surface area contributed by atoms with Crippen molar-refractivity contribution in [2.75, 3.05) is 14.2 Å². The maximum Gasteiger partial charge on any atom is 0.339 e. The zero-order chi connectivity index (χ0) is 20.8. The Morgan fingerprint density at radius 1 is 1.21 bits per heavy atom. The number of benzene rings is 2. The van der Waals surface area contributed by atoms with Crippen molar-refractivity contribution in [3.05, 3.63) is 71.5 Å². The SMILES string of the molecule is CO/C=C(/C(=O)O)c1ccccc1CSC(C(=N)c1ccc(OC)cc1)C1CC1. The lowest BCUT2D eigenvalue weighted by Gasteiger charge is -2.19. The fourth-order valence-electron chi connectivity index (χ4n) is 3.22. The summed E-state index contributed by atoms with van der Waals surface area (Å²) in [6, 6.07) is 15.1. The Morgan fingerprint density at radius 2 is 1.90 bits per heavy atom. The number of carbonyl (C=O) groups is 1. The van der Waals surface area contributed by atoms with E-state index < -0.39 is 5.97 Å². The van der Waals surface area contributed by atoms with Gasteiger partial charge in [-0.25, -0.2) is 4.79 Å². The summed E-state index contributed by atoms with van der Waals surface area (Å²) in [7, 11) is 3.07. The van der Waals surface area contributed by atoms with Gasteiger partial charge in [0, 0.05) is 5.75 Å². The molecule has 1 unspecified atom stereocenters. The van der Waals surface area contributed by atoms with Crippen LogP contribution in [-0.4, -0.2) is 36.3 Å². The van der Waals surface area contributed by atoms with Crippen molar-refractivity contribution in [1.82, 2.24) is 0 Å². The predicted molar refractivity (Wildman–Crippen MR) is 117 cm³/mol. The third-order valence-corrected chi connectivity index (χ3v) is 6.39. The molecule has 152 valence electrons. The van der Waals surface area contributed by atoms with Gasteiger partial charge in [-0.3, -0.25) is 0 Å². The Labute approximate surface area is 175 Å². The van der Waals surface area contributed by atoms with Crippen molar-refractivity contribution in [2.24, 2.45) is 5.92 Å². The van der Waals surface area contributed by atoms with Crippen molar-refractivity contribution in [3.8, 4) is 5.75 Å². The van der Waals surface area contributed by atoms with Crippen LogP contribution < -0.4 is 4.74 Å². The molecule has 0 aromatic heterocycles. The van der Waals surface area contributed by atoms with Crippen LogP contribution in [0.15, 0.2) is 54.8 Å². The highest BCUT2D eigenvalue weighted by atomic mass is 32.2. The molecule has 2 N–H and O–H groups in total. The van der Waals surface area contributed by atoms with Crippen molar-refractivity contribution in [3.63, 3.8) is 0 Å². The average Bonchev–Trinajstić information content (AvgIpc) is 3.57. The summed E-state index contributed by atoms with van der Waals surface area (Å²) < 4.78 is 10.2. The highest BCUT2D eigenvalue weighted by molar-refractivity contribution is 7.99. The topological polar surface area (TPSA) is 79.6 Å². The Hall–Kier alpha value is -2.73.